The minimum absolute atomic E-state index is 0.469. The zero-order valence-corrected chi connectivity index (χ0v) is 11.5. The number of aryl methyl sites for hydroxylation is 3. The molecule has 0 aliphatic heterocycles. The highest BCUT2D eigenvalue weighted by molar-refractivity contribution is 7.08. The van der Waals surface area contributed by atoms with Gasteiger partial charge in [0.2, 0.25) is 0 Å². The third-order valence-corrected chi connectivity index (χ3v) is 4.76. The second kappa shape index (κ2) is 4.87. The van der Waals surface area contributed by atoms with Crippen LogP contribution in [-0.4, -0.2) is 5.11 Å². The van der Waals surface area contributed by atoms with Crippen molar-refractivity contribution in [1.82, 2.24) is 0 Å². The van der Waals surface area contributed by atoms with Crippen molar-refractivity contribution in [1.29, 1.82) is 0 Å². The van der Waals surface area contributed by atoms with Crippen LogP contribution in [0, 0.1) is 6.92 Å². The van der Waals surface area contributed by atoms with Gasteiger partial charge in [-0.2, -0.15) is 11.3 Å². The normalized spacial score (nSPS) is 16.3. The quantitative estimate of drug-likeness (QED) is 0.862. The molecule has 18 heavy (non-hydrogen) atoms. The van der Waals surface area contributed by atoms with Crippen molar-refractivity contribution in [2.24, 2.45) is 0 Å². The van der Waals surface area contributed by atoms with Crippen molar-refractivity contribution in [2.45, 2.75) is 38.7 Å². The van der Waals surface area contributed by atoms with E-state index in [9.17, 15) is 5.11 Å². The Morgan fingerprint density at radius 2 is 1.89 bits per heavy atom. The Hall–Kier alpha value is -1.12. The SMILES string of the molecule is Cc1cscc1C(O)c1ccc2c(c1)CCCC2. The minimum atomic E-state index is -0.469. The Morgan fingerprint density at radius 1 is 1.11 bits per heavy atom. The molecule has 0 fully saturated rings. The maximum Gasteiger partial charge on any atom is 0.105 e. The number of benzene rings is 1. The summed E-state index contributed by atoms with van der Waals surface area (Å²) in [5.41, 5.74) is 6.18. The molecule has 1 aliphatic rings. The molecule has 1 nitrogen and oxygen atoms in total. The van der Waals surface area contributed by atoms with Crippen LogP contribution in [0.4, 0.5) is 0 Å². The van der Waals surface area contributed by atoms with E-state index in [2.05, 4.69) is 35.9 Å². The first-order chi connectivity index (χ1) is 8.75. The number of aliphatic hydroxyl groups excluding tert-OH is 1. The van der Waals surface area contributed by atoms with Gasteiger partial charge in [-0.15, -0.1) is 0 Å². The Labute approximate surface area is 112 Å². The summed E-state index contributed by atoms with van der Waals surface area (Å²) in [5, 5.41) is 14.6. The van der Waals surface area contributed by atoms with Gasteiger partial charge in [0, 0.05) is 0 Å². The summed E-state index contributed by atoms with van der Waals surface area (Å²) in [6.07, 6.45) is 4.48. The van der Waals surface area contributed by atoms with Crippen LogP contribution in [0.1, 0.15) is 46.8 Å². The Balaban J connectivity index is 1.95. The highest BCUT2D eigenvalue weighted by Crippen LogP contribution is 2.30. The van der Waals surface area contributed by atoms with Crippen molar-refractivity contribution in [3.05, 3.63) is 56.8 Å². The lowest BCUT2D eigenvalue weighted by Gasteiger charge is -2.18. The molecule has 3 rings (SSSR count). The highest BCUT2D eigenvalue weighted by Gasteiger charge is 2.16. The van der Waals surface area contributed by atoms with E-state index in [0.29, 0.717) is 0 Å². The van der Waals surface area contributed by atoms with Crippen LogP contribution in [0.2, 0.25) is 0 Å². The lowest BCUT2D eigenvalue weighted by atomic mass is 9.88. The summed E-state index contributed by atoms with van der Waals surface area (Å²) in [7, 11) is 0. The highest BCUT2D eigenvalue weighted by atomic mass is 32.1. The average Bonchev–Trinajstić information content (AvgIpc) is 2.83. The van der Waals surface area contributed by atoms with Crippen LogP contribution >= 0.6 is 11.3 Å². The van der Waals surface area contributed by atoms with Gasteiger partial charge in [0.05, 0.1) is 0 Å². The lowest BCUT2D eigenvalue weighted by Crippen LogP contribution is -2.06. The molecule has 0 saturated heterocycles. The van der Waals surface area contributed by atoms with Gasteiger partial charge in [0.25, 0.3) is 0 Å². The zero-order chi connectivity index (χ0) is 12.5. The molecule has 0 saturated carbocycles. The second-order valence-electron chi connectivity index (χ2n) is 5.15. The third-order valence-electron chi connectivity index (χ3n) is 3.88. The van der Waals surface area contributed by atoms with E-state index < -0.39 is 6.10 Å². The molecule has 2 heteroatoms. The topological polar surface area (TPSA) is 20.2 Å². The fourth-order valence-corrected chi connectivity index (χ4v) is 3.62. The molecular formula is C16H18OS. The summed E-state index contributed by atoms with van der Waals surface area (Å²) < 4.78 is 0. The molecule has 0 bridgehead atoms. The Bertz CT molecular complexity index is 556. The smallest absolute Gasteiger partial charge is 0.105 e. The maximum absolute atomic E-state index is 10.5. The minimum Gasteiger partial charge on any atom is -0.384 e. The first kappa shape index (κ1) is 11.9. The largest absolute Gasteiger partial charge is 0.384 e. The van der Waals surface area contributed by atoms with Crippen LogP contribution in [0.5, 0.6) is 0 Å². The van der Waals surface area contributed by atoms with Crippen LogP contribution in [-0.2, 0) is 12.8 Å². The first-order valence-corrected chi connectivity index (χ1v) is 7.52. The van der Waals surface area contributed by atoms with Crippen LogP contribution < -0.4 is 0 Å². The standard InChI is InChI=1S/C16H18OS/c1-11-9-18-10-15(11)16(17)14-7-6-12-4-2-3-5-13(12)8-14/h6-10,16-17H,2-5H2,1H3. The molecule has 0 spiro atoms. The number of thiophene rings is 1. The van der Waals surface area contributed by atoms with E-state index >= 15 is 0 Å². The van der Waals surface area contributed by atoms with Gasteiger partial charge in [-0.05, 0) is 71.2 Å². The number of hydrogen-bond acceptors (Lipinski definition) is 2. The lowest BCUT2D eigenvalue weighted by molar-refractivity contribution is 0.220. The Kier molecular flexibility index (Phi) is 3.23. The fourth-order valence-electron chi connectivity index (χ4n) is 2.75. The second-order valence-corrected chi connectivity index (χ2v) is 5.89. The molecule has 1 aromatic heterocycles. The van der Waals surface area contributed by atoms with Gasteiger partial charge in [-0.3, -0.25) is 0 Å². The summed E-state index contributed by atoms with van der Waals surface area (Å²) in [5.74, 6) is 0. The number of rotatable bonds is 2. The number of fused-ring (bicyclic) bond motifs is 1. The summed E-state index contributed by atoms with van der Waals surface area (Å²) >= 11 is 1.66. The van der Waals surface area contributed by atoms with Crippen molar-refractivity contribution in [3.8, 4) is 0 Å². The fraction of sp³-hybridized carbons (Fsp3) is 0.375. The van der Waals surface area contributed by atoms with Crippen molar-refractivity contribution < 1.29 is 5.11 Å². The van der Waals surface area contributed by atoms with Gasteiger partial charge in [0.15, 0.2) is 0 Å². The first-order valence-electron chi connectivity index (χ1n) is 6.58. The molecule has 1 atom stereocenters. The average molecular weight is 258 g/mol. The van der Waals surface area contributed by atoms with Crippen molar-refractivity contribution >= 4 is 11.3 Å². The van der Waals surface area contributed by atoms with E-state index in [4.69, 9.17) is 0 Å². The molecule has 2 aromatic rings. The molecule has 1 heterocycles. The van der Waals surface area contributed by atoms with Gasteiger partial charge < -0.3 is 5.11 Å². The number of hydrogen-bond donors (Lipinski definition) is 1. The van der Waals surface area contributed by atoms with Gasteiger partial charge in [0.1, 0.15) is 6.10 Å². The summed E-state index contributed by atoms with van der Waals surface area (Å²) in [6, 6.07) is 6.50. The molecule has 1 N–H and O–H groups in total. The molecule has 0 radical (unpaired) electrons. The molecule has 1 unspecified atom stereocenters. The van der Waals surface area contributed by atoms with Crippen molar-refractivity contribution in [2.75, 3.05) is 0 Å². The molecular weight excluding hydrogens is 240 g/mol. The summed E-state index contributed by atoms with van der Waals surface area (Å²) in [6.45, 7) is 2.06. The van der Waals surface area contributed by atoms with Crippen LogP contribution in [0.3, 0.4) is 0 Å². The van der Waals surface area contributed by atoms with E-state index in [1.54, 1.807) is 11.3 Å². The van der Waals surface area contributed by atoms with E-state index in [1.165, 1.54) is 42.4 Å². The molecule has 1 aliphatic carbocycles. The van der Waals surface area contributed by atoms with E-state index in [-0.39, 0.29) is 0 Å². The summed E-state index contributed by atoms with van der Waals surface area (Å²) in [4.78, 5) is 0. The van der Waals surface area contributed by atoms with Crippen LogP contribution in [0.15, 0.2) is 29.0 Å². The molecule has 0 amide bonds. The van der Waals surface area contributed by atoms with Gasteiger partial charge in [-0.25, -0.2) is 0 Å². The predicted octanol–water partition coefficient (Wildman–Crippen LogP) is 4.02. The van der Waals surface area contributed by atoms with Crippen LogP contribution in [0.25, 0.3) is 0 Å². The monoisotopic (exact) mass is 258 g/mol. The van der Waals surface area contributed by atoms with E-state index in [0.717, 1.165) is 11.1 Å². The predicted molar refractivity (Wildman–Crippen MR) is 76.2 cm³/mol. The third kappa shape index (κ3) is 2.11. The van der Waals surface area contributed by atoms with Crippen molar-refractivity contribution in [3.63, 3.8) is 0 Å². The van der Waals surface area contributed by atoms with E-state index in [1.807, 2.05) is 0 Å². The Morgan fingerprint density at radius 3 is 2.61 bits per heavy atom. The zero-order valence-electron chi connectivity index (χ0n) is 10.6. The molecule has 1 aromatic carbocycles. The van der Waals surface area contributed by atoms with Gasteiger partial charge in [-0.1, -0.05) is 18.2 Å². The number of aliphatic hydroxyl groups is 1. The molecule has 94 valence electrons. The maximum atomic E-state index is 10.5. The van der Waals surface area contributed by atoms with Gasteiger partial charge >= 0.3 is 0 Å².